The maximum atomic E-state index is 12.5. The molecule has 1 heterocycles. The highest BCUT2D eigenvalue weighted by Crippen LogP contribution is 2.28. The topological polar surface area (TPSA) is 49.4 Å². The number of benzene rings is 1. The van der Waals surface area contributed by atoms with E-state index in [9.17, 15) is 9.59 Å². The monoisotopic (exact) mass is 330 g/mol. The van der Waals surface area contributed by atoms with Gasteiger partial charge in [-0.2, -0.15) is 0 Å². The fraction of sp³-hybridized carbons (Fsp3) is 0.600. The quantitative estimate of drug-likeness (QED) is 0.902. The van der Waals surface area contributed by atoms with E-state index < -0.39 is 0 Å². The Kier molecular flexibility index (Phi) is 6.03. The van der Waals surface area contributed by atoms with Crippen molar-refractivity contribution in [2.45, 2.75) is 58.4 Å². The number of rotatable bonds is 5. The second kappa shape index (κ2) is 7.82. The highest BCUT2D eigenvalue weighted by molar-refractivity contribution is 5.80. The normalized spacial score (nSPS) is 19.7. The zero-order valence-electron chi connectivity index (χ0n) is 15.3. The van der Waals surface area contributed by atoms with Crippen molar-refractivity contribution in [2.75, 3.05) is 13.1 Å². The van der Waals surface area contributed by atoms with Crippen molar-refractivity contribution in [3.05, 3.63) is 35.9 Å². The summed E-state index contributed by atoms with van der Waals surface area (Å²) in [6.45, 7) is 9.39. The number of carbonyl (C=O) groups is 2. The summed E-state index contributed by atoms with van der Waals surface area (Å²) in [5.41, 5.74) is 1.29. The lowest BCUT2D eigenvalue weighted by Crippen LogP contribution is -2.47. The molecule has 1 aromatic carbocycles. The molecule has 2 rings (SSSR count). The third-order valence-electron chi connectivity index (χ3n) is 5.00. The summed E-state index contributed by atoms with van der Waals surface area (Å²) < 4.78 is 0. The molecule has 1 aliphatic rings. The van der Waals surface area contributed by atoms with Gasteiger partial charge in [0.25, 0.3) is 0 Å². The molecular formula is C20H30N2O2. The van der Waals surface area contributed by atoms with E-state index in [1.165, 1.54) is 5.56 Å². The molecule has 1 N–H and O–H groups in total. The summed E-state index contributed by atoms with van der Waals surface area (Å²) in [4.78, 5) is 25.9. The van der Waals surface area contributed by atoms with Crippen LogP contribution in [0.4, 0.5) is 0 Å². The van der Waals surface area contributed by atoms with Crippen molar-refractivity contribution in [1.82, 2.24) is 10.2 Å². The number of nitrogens with zero attached hydrogens (tertiary/aromatic N) is 1. The third kappa shape index (κ3) is 4.83. The van der Waals surface area contributed by atoms with Gasteiger partial charge in [0.1, 0.15) is 0 Å². The van der Waals surface area contributed by atoms with Crippen LogP contribution in [-0.4, -0.2) is 35.8 Å². The van der Waals surface area contributed by atoms with Gasteiger partial charge in [-0.05, 0) is 37.2 Å². The van der Waals surface area contributed by atoms with Gasteiger partial charge in [-0.15, -0.1) is 0 Å². The highest BCUT2D eigenvalue weighted by atomic mass is 16.2. The van der Waals surface area contributed by atoms with Gasteiger partial charge in [-0.25, -0.2) is 0 Å². The van der Waals surface area contributed by atoms with Gasteiger partial charge in [0.05, 0.1) is 5.92 Å². The van der Waals surface area contributed by atoms with Gasteiger partial charge in [-0.3, -0.25) is 9.59 Å². The molecule has 132 valence electrons. The Morgan fingerprint density at radius 1 is 1.29 bits per heavy atom. The molecular weight excluding hydrogens is 300 g/mol. The van der Waals surface area contributed by atoms with Crippen LogP contribution < -0.4 is 5.32 Å². The Balaban J connectivity index is 1.90. The van der Waals surface area contributed by atoms with E-state index >= 15 is 0 Å². The van der Waals surface area contributed by atoms with Crippen molar-refractivity contribution in [1.29, 1.82) is 0 Å². The van der Waals surface area contributed by atoms with E-state index in [1.54, 1.807) is 11.8 Å². The molecule has 1 saturated heterocycles. The predicted molar refractivity (Wildman–Crippen MR) is 96.7 cm³/mol. The number of hydrogen-bond acceptors (Lipinski definition) is 2. The van der Waals surface area contributed by atoms with Crippen LogP contribution in [-0.2, 0) is 15.0 Å². The van der Waals surface area contributed by atoms with Crippen LogP contribution in [0.5, 0.6) is 0 Å². The zero-order chi connectivity index (χ0) is 17.7. The minimum Gasteiger partial charge on any atom is -0.353 e. The average Bonchev–Trinajstić information content (AvgIpc) is 2.55. The van der Waals surface area contributed by atoms with Crippen molar-refractivity contribution in [2.24, 2.45) is 5.92 Å². The van der Waals surface area contributed by atoms with Crippen molar-refractivity contribution >= 4 is 11.8 Å². The summed E-state index contributed by atoms with van der Waals surface area (Å²) in [7, 11) is 0. The average molecular weight is 330 g/mol. The number of hydrogen-bond donors (Lipinski definition) is 1. The first-order chi connectivity index (χ1) is 11.3. The molecule has 1 aromatic rings. The maximum Gasteiger partial charge on any atom is 0.225 e. The molecule has 0 spiro atoms. The molecule has 4 heteroatoms. The number of piperidine rings is 1. The van der Waals surface area contributed by atoms with Crippen LogP contribution in [0.2, 0.25) is 0 Å². The molecule has 0 unspecified atom stereocenters. The lowest BCUT2D eigenvalue weighted by atomic mass is 9.79. The van der Waals surface area contributed by atoms with E-state index in [0.717, 1.165) is 25.8 Å². The van der Waals surface area contributed by atoms with Gasteiger partial charge in [0.15, 0.2) is 0 Å². The smallest absolute Gasteiger partial charge is 0.225 e. The van der Waals surface area contributed by atoms with Gasteiger partial charge in [0.2, 0.25) is 11.8 Å². The Morgan fingerprint density at radius 3 is 2.58 bits per heavy atom. The Hall–Kier alpha value is -1.84. The van der Waals surface area contributed by atoms with Gasteiger partial charge in [0, 0.05) is 26.1 Å². The third-order valence-corrected chi connectivity index (χ3v) is 5.00. The predicted octanol–water partition coefficient (Wildman–Crippen LogP) is 3.12. The zero-order valence-corrected chi connectivity index (χ0v) is 15.3. The van der Waals surface area contributed by atoms with Crippen LogP contribution >= 0.6 is 0 Å². The Bertz CT molecular complexity index is 568. The molecule has 1 fully saturated rings. The van der Waals surface area contributed by atoms with Crippen molar-refractivity contribution < 1.29 is 9.59 Å². The SMILES string of the molecule is CC(=O)N1CCC[C@@H](C(=O)N[C@H](C)CC(C)(C)c2ccccc2)C1. The fourth-order valence-electron chi connectivity index (χ4n) is 3.66. The second-order valence-corrected chi connectivity index (χ2v) is 7.67. The number of likely N-dealkylation sites (tertiary alicyclic amines) is 1. The minimum absolute atomic E-state index is 0.00589. The van der Waals surface area contributed by atoms with Crippen LogP contribution in [0.15, 0.2) is 30.3 Å². The summed E-state index contributed by atoms with van der Waals surface area (Å²) in [5.74, 6) is 0.0630. The van der Waals surface area contributed by atoms with Gasteiger partial charge in [-0.1, -0.05) is 44.2 Å². The summed E-state index contributed by atoms with van der Waals surface area (Å²) in [6, 6.07) is 10.5. The van der Waals surface area contributed by atoms with Crippen molar-refractivity contribution in [3.8, 4) is 0 Å². The molecule has 0 radical (unpaired) electrons. The number of nitrogens with one attached hydrogen (secondary N) is 1. The van der Waals surface area contributed by atoms with Crippen LogP contribution in [0.25, 0.3) is 0 Å². The van der Waals surface area contributed by atoms with Crippen LogP contribution in [0, 0.1) is 5.92 Å². The fourth-order valence-corrected chi connectivity index (χ4v) is 3.66. The van der Waals surface area contributed by atoms with E-state index in [-0.39, 0.29) is 29.2 Å². The largest absolute Gasteiger partial charge is 0.353 e. The molecule has 4 nitrogen and oxygen atoms in total. The molecule has 0 bridgehead atoms. The molecule has 24 heavy (non-hydrogen) atoms. The Labute approximate surface area is 145 Å². The highest BCUT2D eigenvalue weighted by Gasteiger charge is 2.29. The summed E-state index contributed by atoms with van der Waals surface area (Å²) in [6.07, 6.45) is 2.65. The van der Waals surface area contributed by atoms with Gasteiger partial charge >= 0.3 is 0 Å². The molecule has 1 aliphatic heterocycles. The van der Waals surface area contributed by atoms with Crippen molar-refractivity contribution in [3.63, 3.8) is 0 Å². The van der Waals surface area contributed by atoms with E-state index in [1.807, 2.05) is 6.07 Å². The first-order valence-corrected chi connectivity index (χ1v) is 8.91. The molecule has 0 aromatic heterocycles. The Morgan fingerprint density at radius 2 is 1.96 bits per heavy atom. The van der Waals surface area contributed by atoms with Crippen LogP contribution in [0.1, 0.15) is 52.5 Å². The molecule has 0 aliphatic carbocycles. The first-order valence-electron chi connectivity index (χ1n) is 8.91. The standard InChI is InChI=1S/C20H30N2O2/c1-15(13-20(3,4)18-10-6-5-7-11-18)21-19(24)17-9-8-12-22(14-17)16(2)23/h5-7,10-11,15,17H,8-9,12-14H2,1-4H3,(H,21,24)/t15-,17-/m1/s1. The second-order valence-electron chi connectivity index (χ2n) is 7.67. The lowest BCUT2D eigenvalue weighted by molar-refractivity contribution is -0.134. The van der Waals surface area contributed by atoms with Gasteiger partial charge < -0.3 is 10.2 Å². The molecule has 2 atom stereocenters. The van der Waals surface area contributed by atoms with E-state index in [4.69, 9.17) is 0 Å². The van der Waals surface area contributed by atoms with E-state index in [2.05, 4.69) is 50.4 Å². The number of amides is 2. The lowest BCUT2D eigenvalue weighted by Gasteiger charge is -2.33. The van der Waals surface area contributed by atoms with Crippen LogP contribution in [0.3, 0.4) is 0 Å². The van der Waals surface area contributed by atoms with E-state index in [0.29, 0.717) is 6.54 Å². The maximum absolute atomic E-state index is 12.5. The number of carbonyl (C=O) groups excluding carboxylic acids is 2. The molecule has 2 amide bonds. The summed E-state index contributed by atoms with van der Waals surface area (Å²) in [5, 5.41) is 3.16. The summed E-state index contributed by atoms with van der Waals surface area (Å²) >= 11 is 0. The minimum atomic E-state index is -0.0788. The molecule has 0 saturated carbocycles. The first kappa shape index (κ1) is 18.5.